The van der Waals surface area contributed by atoms with Gasteiger partial charge in [0.25, 0.3) is 0 Å². The van der Waals surface area contributed by atoms with E-state index in [4.69, 9.17) is 9.98 Å². The van der Waals surface area contributed by atoms with Crippen LogP contribution in [-0.4, -0.2) is 27.4 Å². The fourth-order valence-electron chi connectivity index (χ4n) is 4.01. The van der Waals surface area contributed by atoms with Crippen molar-refractivity contribution in [3.8, 4) is 0 Å². The van der Waals surface area contributed by atoms with Crippen LogP contribution in [-0.2, 0) is 11.2 Å². The van der Waals surface area contributed by atoms with Gasteiger partial charge < -0.3 is 5.32 Å². The molecule has 0 saturated heterocycles. The zero-order valence-electron chi connectivity index (χ0n) is 17.0. The lowest BCUT2D eigenvalue weighted by atomic mass is 10.1. The van der Waals surface area contributed by atoms with E-state index >= 15 is 0 Å². The Morgan fingerprint density at radius 3 is 2.58 bits per heavy atom. The topological polar surface area (TPSA) is 66.7 Å². The molecule has 31 heavy (non-hydrogen) atoms. The first-order valence-corrected chi connectivity index (χ1v) is 11.4. The van der Waals surface area contributed by atoms with Crippen LogP contribution in [0.4, 0.5) is 11.4 Å². The summed E-state index contributed by atoms with van der Waals surface area (Å²) < 4.78 is 0. The number of amides is 1. The van der Waals surface area contributed by atoms with Crippen LogP contribution in [0.25, 0.3) is 0 Å². The number of thioether (sulfide) groups is 1. The number of benzene rings is 2. The summed E-state index contributed by atoms with van der Waals surface area (Å²) in [6.07, 6.45) is 4.30. The number of carbonyl (C=O) groups excluding carboxylic acids is 1. The van der Waals surface area contributed by atoms with Gasteiger partial charge in [0.2, 0.25) is 5.91 Å². The molecule has 1 aromatic heterocycles. The highest BCUT2D eigenvalue weighted by Crippen LogP contribution is 2.33. The zero-order valence-corrected chi connectivity index (χ0v) is 17.8. The second-order valence-corrected chi connectivity index (χ2v) is 8.64. The van der Waals surface area contributed by atoms with Crippen molar-refractivity contribution in [2.24, 2.45) is 9.98 Å². The number of carbonyl (C=O) groups is 1. The third-order valence-corrected chi connectivity index (χ3v) is 6.47. The number of pyridine rings is 1. The van der Waals surface area contributed by atoms with Crippen molar-refractivity contribution in [2.45, 2.75) is 25.3 Å². The Morgan fingerprint density at radius 1 is 0.968 bits per heavy atom. The Morgan fingerprint density at radius 2 is 1.74 bits per heavy atom. The molecule has 0 fully saturated rings. The molecule has 2 aromatic carbocycles. The average Bonchev–Trinajstić information content (AvgIpc) is 3.10. The molecule has 1 atom stereocenters. The maximum absolute atomic E-state index is 12.7. The van der Waals surface area contributed by atoms with Gasteiger partial charge in [0, 0.05) is 12.6 Å². The number of nitrogens with one attached hydrogen (secondary N) is 1. The molecule has 0 radical (unpaired) electrons. The lowest BCUT2D eigenvalue weighted by molar-refractivity contribution is -0.119. The Bertz CT molecular complexity index is 1170. The molecular weight excluding hydrogens is 404 g/mol. The third kappa shape index (κ3) is 4.44. The Hall–Kier alpha value is -3.25. The van der Waals surface area contributed by atoms with Crippen molar-refractivity contribution in [1.29, 1.82) is 0 Å². The summed E-state index contributed by atoms with van der Waals surface area (Å²) in [5.41, 5.74) is 5.92. The second-order valence-electron chi connectivity index (χ2n) is 7.59. The summed E-state index contributed by atoms with van der Waals surface area (Å²) in [6, 6.07) is 22.1. The summed E-state index contributed by atoms with van der Waals surface area (Å²) in [6.45, 7) is 0. The van der Waals surface area contributed by atoms with Gasteiger partial charge in [-0.25, -0.2) is 9.98 Å². The van der Waals surface area contributed by atoms with E-state index in [0.29, 0.717) is 12.2 Å². The van der Waals surface area contributed by atoms with Gasteiger partial charge in [0.15, 0.2) is 0 Å². The lowest BCUT2D eigenvalue weighted by Gasteiger charge is -2.14. The SMILES string of the molecule is O=C(CSC1=Nc2ccccc2N=C(c2ccccn2)C1)NC1CCc2ccccc21. The quantitative estimate of drug-likeness (QED) is 0.626. The van der Waals surface area contributed by atoms with Crippen LogP contribution < -0.4 is 5.32 Å². The van der Waals surface area contributed by atoms with Gasteiger partial charge in [-0.1, -0.05) is 42.5 Å². The maximum atomic E-state index is 12.7. The molecule has 154 valence electrons. The Balaban J connectivity index is 1.30. The summed E-state index contributed by atoms with van der Waals surface area (Å²) in [5, 5.41) is 4.07. The molecule has 5 nitrogen and oxygen atoms in total. The van der Waals surface area contributed by atoms with E-state index in [1.807, 2.05) is 48.5 Å². The number of para-hydroxylation sites is 2. The molecule has 1 N–H and O–H groups in total. The fourth-order valence-corrected chi connectivity index (χ4v) is 4.79. The van der Waals surface area contributed by atoms with Crippen molar-refractivity contribution < 1.29 is 4.79 Å². The molecule has 1 aliphatic carbocycles. The standard InChI is InChI=1S/C25H22N4OS/c30-24(28-19-13-12-17-7-1-2-8-18(17)19)16-31-25-15-23(20-9-5-6-14-26-20)27-21-10-3-4-11-22(21)29-25/h1-11,14,19H,12-13,15-16H2,(H,28,30). The minimum Gasteiger partial charge on any atom is -0.349 e. The number of fused-ring (bicyclic) bond motifs is 2. The van der Waals surface area contributed by atoms with Crippen LogP contribution in [0.3, 0.4) is 0 Å². The number of nitrogens with zero attached hydrogens (tertiary/aromatic N) is 3. The average molecular weight is 427 g/mol. The van der Waals surface area contributed by atoms with E-state index in [2.05, 4.69) is 28.5 Å². The van der Waals surface area contributed by atoms with Gasteiger partial charge in [-0.05, 0) is 48.2 Å². The summed E-state index contributed by atoms with van der Waals surface area (Å²) in [4.78, 5) is 26.8. The van der Waals surface area contributed by atoms with Gasteiger partial charge in [-0.15, -0.1) is 11.8 Å². The van der Waals surface area contributed by atoms with Crippen molar-refractivity contribution in [2.75, 3.05) is 5.75 Å². The first-order valence-electron chi connectivity index (χ1n) is 10.4. The molecule has 5 rings (SSSR count). The van der Waals surface area contributed by atoms with Crippen molar-refractivity contribution in [3.05, 3.63) is 89.7 Å². The van der Waals surface area contributed by atoms with Gasteiger partial charge in [-0.3, -0.25) is 9.78 Å². The van der Waals surface area contributed by atoms with Crippen molar-refractivity contribution in [1.82, 2.24) is 10.3 Å². The number of rotatable bonds is 4. The van der Waals surface area contributed by atoms with E-state index in [1.54, 1.807) is 6.20 Å². The molecule has 1 aliphatic heterocycles. The smallest absolute Gasteiger partial charge is 0.230 e. The molecule has 3 aromatic rings. The summed E-state index contributed by atoms with van der Waals surface area (Å²) in [7, 11) is 0. The molecule has 6 heteroatoms. The maximum Gasteiger partial charge on any atom is 0.230 e. The normalized spacial score (nSPS) is 17.1. The van der Waals surface area contributed by atoms with Gasteiger partial charge in [0.1, 0.15) is 0 Å². The van der Waals surface area contributed by atoms with Gasteiger partial charge in [-0.2, -0.15) is 0 Å². The molecule has 0 bridgehead atoms. The molecular formula is C25H22N4OS. The highest BCUT2D eigenvalue weighted by molar-refractivity contribution is 8.14. The highest BCUT2D eigenvalue weighted by atomic mass is 32.2. The number of aryl methyl sites for hydroxylation is 1. The number of aliphatic imine (C=N–C) groups is 2. The summed E-state index contributed by atoms with van der Waals surface area (Å²) >= 11 is 1.47. The third-order valence-electron chi connectivity index (χ3n) is 5.50. The van der Waals surface area contributed by atoms with Crippen molar-refractivity contribution in [3.63, 3.8) is 0 Å². The molecule has 0 saturated carbocycles. The predicted molar refractivity (Wildman–Crippen MR) is 127 cm³/mol. The zero-order chi connectivity index (χ0) is 21.0. The van der Waals surface area contributed by atoms with E-state index in [9.17, 15) is 4.79 Å². The lowest BCUT2D eigenvalue weighted by Crippen LogP contribution is -2.29. The first-order chi connectivity index (χ1) is 15.3. The second kappa shape index (κ2) is 8.86. The number of hydrogen-bond acceptors (Lipinski definition) is 5. The highest BCUT2D eigenvalue weighted by Gasteiger charge is 2.24. The molecule has 1 amide bonds. The van der Waals surface area contributed by atoms with Crippen LogP contribution in [0.15, 0.2) is 82.9 Å². The largest absolute Gasteiger partial charge is 0.349 e. The predicted octanol–water partition coefficient (Wildman–Crippen LogP) is 5.17. The van der Waals surface area contributed by atoms with Crippen LogP contribution in [0, 0.1) is 0 Å². The molecule has 1 unspecified atom stereocenters. The summed E-state index contributed by atoms with van der Waals surface area (Å²) in [5.74, 6) is 0.359. The van der Waals surface area contributed by atoms with Crippen LogP contribution >= 0.6 is 11.8 Å². The van der Waals surface area contributed by atoms with E-state index < -0.39 is 0 Å². The first kappa shape index (κ1) is 19.7. The number of hydrogen-bond donors (Lipinski definition) is 1. The minimum absolute atomic E-state index is 0.0308. The van der Waals surface area contributed by atoms with Gasteiger partial charge in [0.05, 0.1) is 39.6 Å². The molecule has 2 heterocycles. The van der Waals surface area contributed by atoms with Crippen LogP contribution in [0.1, 0.15) is 35.7 Å². The van der Waals surface area contributed by atoms with Crippen LogP contribution in [0.2, 0.25) is 0 Å². The van der Waals surface area contributed by atoms with E-state index in [1.165, 1.54) is 22.9 Å². The van der Waals surface area contributed by atoms with E-state index in [0.717, 1.165) is 40.7 Å². The van der Waals surface area contributed by atoms with Gasteiger partial charge >= 0.3 is 0 Å². The Kier molecular flexibility index (Phi) is 5.63. The van der Waals surface area contributed by atoms with Crippen LogP contribution in [0.5, 0.6) is 0 Å². The van der Waals surface area contributed by atoms with Crippen molar-refractivity contribution >= 4 is 39.8 Å². The monoisotopic (exact) mass is 426 g/mol. The fraction of sp³-hybridized carbons (Fsp3) is 0.200. The minimum atomic E-state index is 0.0308. The molecule has 0 spiro atoms. The Labute approximate surface area is 185 Å². The number of aromatic nitrogens is 1. The molecule has 2 aliphatic rings. The van der Waals surface area contributed by atoms with E-state index in [-0.39, 0.29) is 11.9 Å².